The van der Waals surface area contributed by atoms with Gasteiger partial charge in [-0.05, 0) is 56.2 Å². The van der Waals surface area contributed by atoms with Crippen LogP contribution >= 0.6 is 0 Å². The topological polar surface area (TPSA) is 70.4 Å². The van der Waals surface area contributed by atoms with E-state index in [4.69, 9.17) is 9.15 Å². The van der Waals surface area contributed by atoms with E-state index in [0.29, 0.717) is 6.10 Å². The number of nitrogens with one attached hydrogen (secondary N) is 1. The Hall–Kier alpha value is -1.73. The van der Waals surface area contributed by atoms with Crippen molar-refractivity contribution in [2.45, 2.75) is 58.3 Å². The van der Waals surface area contributed by atoms with Crippen molar-refractivity contribution in [1.82, 2.24) is 20.2 Å². The normalized spacial score (nSPS) is 20.0. The van der Waals surface area contributed by atoms with Gasteiger partial charge in [-0.2, -0.15) is 0 Å². The molecule has 2 aromatic rings. The van der Waals surface area contributed by atoms with Crippen LogP contribution in [-0.2, 0) is 23.4 Å². The second kappa shape index (κ2) is 6.80. The molecule has 1 aliphatic rings. The lowest BCUT2D eigenvalue weighted by atomic mass is 10.1. The molecule has 2 aromatic heterocycles. The Labute approximate surface area is 136 Å². The van der Waals surface area contributed by atoms with Crippen LogP contribution in [0.4, 0.5) is 0 Å². The zero-order valence-electron chi connectivity index (χ0n) is 14.2. The van der Waals surface area contributed by atoms with Crippen LogP contribution in [-0.4, -0.2) is 39.5 Å². The first-order valence-corrected chi connectivity index (χ1v) is 8.27. The van der Waals surface area contributed by atoms with Crippen molar-refractivity contribution >= 4 is 0 Å². The first-order chi connectivity index (χ1) is 11.0. The molecule has 126 valence electrons. The molecule has 2 atom stereocenters. The van der Waals surface area contributed by atoms with Gasteiger partial charge in [0.1, 0.15) is 25.7 Å². The van der Waals surface area contributed by atoms with Crippen molar-refractivity contribution < 1.29 is 14.1 Å². The number of hydrogen-bond acceptors (Lipinski definition) is 5. The molecule has 3 heterocycles. The molecule has 0 bridgehead atoms. The molecule has 0 amide bonds. The van der Waals surface area contributed by atoms with Crippen molar-refractivity contribution in [3.05, 3.63) is 30.0 Å². The number of tetrazole rings is 1. The lowest BCUT2D eigenvalue weighted by molar-refractivity contribution is -0.932. The zero-order valence-corrected chi connectivity index (χ0v) is 14.2. The molecule has 23 heavy (non-hydrogen) atoms. The van der Waals surface area contributed by atoms with Gasteiger partial charge in [-0.1, -0.05) is 0 Å². The summed E-state index contributed by atoms with van der Waals surface area (Å²) in [6, 6.07) is 3.94. The highest BCUT2D eigenvalue weighted by molar-refractivity contribution is 4.96. The predicted octanol–water partition coefficient (Wildman–Crippen LogP) is 0.785. The third kappa shape index (κ3) is 4.17. The Bertz CT molecular complexity index is 596. The van der Waals surface area contributed by atoms with E-state index in [-0.39, 0.29) is 5.54 Å². The van der Waals surface area contributed by atoms with Crippen LogP contribution in [0.3, 0.4) is 0 Å². The first-order valence-electron chi connectivity index (χ1n) is 8.27. The molecule has 1 fully saturated rings. The highest BCUT2D eigenvalue weighted by Crippen LogP contribution is 2.13. The number of furan rings is 1. The molecular formula is C16H26N5O2+. The number of hydrogen-bond donors (Lipinski definition) is 1. The Balaban J connectivity index is 1.73. The SMILES string of the molecule is CC(C)(C)n1nnnc1C[NH+](Cc1ccco1)C[C@H]1CCCO1. The van der Waals surface area contributed by atoms with Crippen LogP contribution in [0.5, 0.6) is 0 Å². The van der Waals surface area contributed by atoms with Crippen molar-refractivity contribution in [2.24, 2.45) is 0 Å². The summed E-state index contributed by atoms with van der Waals surface area (Å²) >= 11 is 0. The molecule has 3 rings (SSSR count). The van der Waals surface area contributed by atoms with Crippen molar-refractivity contribution in [1.29, 1.82) is 0 Å². The van der Waals surface area contributed by atoms with Gasteiger partial charge in [-0.3, -0.25) is 0 Å². The summed E-state index contributed by atoms with van der Waals surface area (Å²) in [5, 5.41) is 12.3. The van der Waals surface area contributed by atoms with E-state index in [2.05, 4.69) is 36.3 Å². The number of aromatic nitrogens is 4. The molecule has 0 aromatic carbocycles. The number of nitrogens with zero attached hydrogens (tertiary/aromatic N) is 4. The molecule has 1 unspecified atom stereocenters. The van der Waals surface area contributed by atoms with E-state index in [0.717, 1.165) is 50.7 Å². The maximum Gasteiger partial charge on any atom is 0.206 e. The maximum absolute atomic E-state index is 5.81. The van der Waals surface area contributed by atoms with E-state index in [1.807, 2.05) is 16.8 Å². The van der Waals surface area contributed by atoms with Gasteiger partial charge in [0.05, 0.1) is 11.8 Å². The number of rotatable bonds is 6. The Kier molecular flexibility index (Phi) is 4.77. The molecule has 0 aliphatic carbocycles. The summed E-state index contributed by atoms with van der Waals surface area (Å²) in [5.74, 6) is 1.88. The minimum Gasteiger partial charge on any atom is -0.463 e. The molecule has 0 spiro atoms. The summed E-state index contributed by atoms with van der Waals surface area (Å²) in [6.45, 7) is 9.71. The van der Waals surface area contributed by atoms with Crippen molar-refractivity contribution in [3.8, 4) is 0 Å². The molecule has 1 saturated heterocycles. The Morgan fingerprint density at radius 2 is 2.22 bits per heavy atom. The average Bonchev–Trinajstić information content (AvgIpc) is 3.18. The quantitative estimate of drug-likeness (QED) is 0.852. The lowest BCUT2D eigenvalue weighted by Crippen LogP contribution is -3.10. The van der Waals surface area contributed by atoms with Crippen LogP contribution < -0.4 is 4.90 Å². The maximum atomic E-state index is 5.81. The van der Waals surface area contributed by atoms with Crippen LogP contribution in [0, 0.1) is 0 Å². The minimum atomic E-state index is -0.127. The largest absolute Gasteiger partial charge is 0.463 e. The summed E-state index contributed by atoms with van der Waals surface area (Å²) < 4.78 is 13.2. The Morgan fingerprint density at radius 1 is 1.35 bits per heavy atom. The van der Waals surface area contributed by atoms with E-state index in [9.17, 15) is 0 Å². The highest BCUT2D eigenvalue weighted by Gasteiger charge is 2.27. The summed E-state index contributed by atoms with van der Waals surface area (Å²) in [7, 11) is 0. The van der Waals surface area contributed by atoms with Gasteiger partial charge < -0.3 is 14.1 Å². The van der Waals surface area contributed by atoms with E-state index in [1.165, 1.54) is 4.90 Å². The molecule has 0 radical (unpaired) electrons. The summed E-state index contributed by atoms with van der Waals surface area (Å²) in [5.41, 5.74) is -0.127. The van der Waals surface area contributed by atoms with E-state index < -0.39 is 0 Å². The van der Waals surface area contributed by atoms with Crippen molar-refractivity contribution in [3.63, 3.8) is 0 Å². The third-order valence-corrected chi connectivity index (χ3v) is 4.12. The highest BCUT2D eigenvalue weighted by atomic mass is 16.5. The second-order valence-electron chi connectivity index (χ2n) is 7.20. The summed E-state index contributed by atoms with van der Waals surface area (Å²) in [4.78, 5) is 1.35. The van der Waals surface area contributed by atoms with E-state index in [1.54, 1.807) is 6.26 Å². The van der Waals surface area contributed by atoms with Crippen LogP contribution in [0.2, 0.25) is 0 Å². The molecular weight excluding hydrogens is 294 g/mol. The standard InChI is InChI=1S/C16H25N5O2/c1-16(2,3)21-15(17-18-19-21)12-20(10-13-6-4-8-22-13)11-14-7-5-9-23-14/h4,6,8,14H,5,7,9-12H2,1-3H3/p+1/t14-/m1/s1. The van der Waals surface area contributed by atoms with Gasteiger partial charge in [0.25, 0.3) is 0 Å². The average molecular weight is 320 g/mol. The van der Waals surface area contributed by atoms with Gasteiger partial charge in [0, 0.05) is 6.61 Å². The lowest BCUT2D eigenvalue weighted by Gasteiger charge is -2.24. The van der Waals surface area contributed by atoms with Crippen LogP contribution in [0.15, 0.2) is 22.8 Å². The smallest absolute Gasteiger partial charge is 0.206 e. The first kappa shape index (κ1) is 16.1. The van der Waals surface area contributed by atoms with Gasteiger partial charge in [-0.25, -0.2) is 4.68 Å². The molecule has 7 heteroatoms. The fourth-order valence-electron chi connectivity index (χ4n) is 3.05. The molecule has 7 nitrogen and oxygen atoms in total. The predicted molar refractivity (Wildman–Crippen MR) is 83.7 cm³/mol. The van der Waals surface area contributed by atoms with Gasteiger partial charge in [0.15, 0.2) is 5.76 Å². The van der Waals surface area contributed by atoms with Gasteiger partial charge in [-0.15, -0.1) is 5.10 Å². The summed E-state index contributed by atoms with van der Waals surface area (Å²) in [6.07, 6.45) is 4.32. The van der Waals surface area contributed by atoms with Gasteiger partial charge in [0.2, 0.25) is 5.82 Å². The van der Waals surface area contributed by atoms with E-state index >= 15 is 0 Å². The van der Waals surface area contributed by atoms with Gasteiger partial charge >= 0.3 is 0 Å². The minimum absolute atomic E-state index is 0.127. The second-order valence-corrected chi connectivity index (χ2v) is 7.20. The number of ether oxygens (including phenoxy) is 1. The zero-order chi connectivity index (χ0) is 16.3. The molecule has 1 aliphatic heterocycles. The molecule has 1 N–H and O–H groups in total. The number of quaternary nitrogens is 1. The van der Waals surface area contributed by atoms with Crippen LogP contribution in [0.25, 0.3) is 0 Å². The fraction of sp³-hybridized carbons (Fsp3) is 0.688. The van der Waals surface area contributed by atoms with Crippen molar-refractivity contribution in [2.75, 3.05) is 13.2 Å². The molecule has 0 saturated carbocycles. The Morgan fingerprint density at radius 3 is 2.87 bits per heavy atom. The van der Waals surface area contributed by atoms with Crippen LogP contribution in [0.1, 0.15) is 45.2 Å². The fourth-order valence-corrected chi connectivity index (χ4v) is 3.05. The monoisotopic (exact) mass is 320 g/mol. The third-order valence-electron chi connectivity index (χ3n) is 4.12.